The van der Waals surface area contributed by atoms with Crippen LogP contribution in [0.1, 0.15) is 59.8 Å². The Morgan fingerprint density at radius 3 is 2.11 bits per heavy atom. The van der Waals surface area contributed by atoms with Gasteiger partial charge in [0.25, 0.3) is 0 Å². The van der Waals surface area contributed by atoms with E-state index in [0.717, 1.165) is 0 Å². The molecule has 0 unspecified atom stereocenters. The summed E-state index contributed by atoms with van der Waals surface area (Å²) in [5.41, 5.74) is -1.10. The standard InChI is InChI=1S/C14H24O4/c1-5-14(12(16)17)8-6-10(7-9-14)11(15)18-13(2,3)4/h10H,5-9H2,1-4H3,(H,16,17)/t10-,14-. The van der Waals surface area contributed by atoms with Crippen molar-refractivity contribution in [1.82, 2.24) is 0 Å². The Balaban J connectivity index is 2.58. The molecule has 0 aromatic carbocycles. The molecule has 0 heterocycles. The van der Waals surface area contributed by atoms with Crippen LogP contribution in [-0.2, 0) is 14.3 Å². The van der Waals surface area contributed by atoms with Crippen LogP contribution in [0.2, 0.25) is 0 Å². The van der Waals surface area contributed by atoms with Crippen molar-refractivity contribution in [2.45, 2.75) is 65.4 Å². The Morgan fingerprint density at radius 2 is 1.78 bits per heavy atom. The van der Waals surface area contributed by atoms with Gasteiger partial charge >= 0.3 is 11.9 Å². The van der Waals surface area contributed by atoms with Gasteiger partial charge in [0.2, 0.25) is 0 Å². The molecule has 0 spiro atoms. The second kappa shape index (κ2) is 5.29. The van der Waals surface area contributed by atoms with Crippen LogP contribution in [0.15, 0.2) is 0 Å². The summed E-state index contributed by atoms with van der Waals surface area (Å²) in [6.07, 6.45) is 3.01. The first-order valence-corrected chi connectivity index (χ1v) is 6.66. The van der Waals surface area contributed by atoms with Crippen molar-refractivity contribution in [2.24, 2.45) is 11.3 Å². The number of carbonyl (C=O) groups excluding carboxylic acids is 1. The lowest BCUT2D eigenvalue weighted by molar-refractivity contribution is -0.165. The molecule has 0 saturated heterocycles. The number of rotatable bonds is 3. The molecule has 0 aromatic rings. The summed E-state index contributed by atoms with van der Waals surface area (Å²) in [7, 11) is 0. The van der Waals surface area contributed by atoms with Crippen molar-refractivity contribution in [2.75, 3.05) is 0 Å². The molecule has 1 aliphatic carbocycles. The molecule has 4 nitrogen and oxygen atoms in total. The first-order chi connectivity index (χ1) is 8.20. The molecule has 1 saturated carbocycles. The lowest BCUT2D eigenvalue weighted by Gasteiger charge is -2.36. The fraction of sp³-hybridized carbons (Fsp3) is 0.857. The molecule has 1 N–H and O–H groups in total. The topological polar surface area (TPSA) is 63.6 Å². The average molecular weight is 256 g/mol. The zero-order valence-corrected chi connectivity index (χ0v) is 11.8. The summed E-state index contributed by atoms with van der Waals surface area (Å²) in [5, 5.41) is 9.28. The predicted molar refractivity (Wildman–Crippen MR) is 68.2 cm³/mol. The summed E-state index contributed by atoms with van der Waals surface area (Å²) in [4.78, 5) is 23.2. The van der Waals surface area contributed by atoms with Gasteiger partial charge in [0, 0.05) is 0 Å². The molecular weight excluding hydrogens is 232 g/mol. The third-order valence-electron chi connectivity index (χ3n) is 3.81. The maximum Gasteiger partial charge on any atom is 0.309 e. The van der Waals surface area contributed by atoms with E-state index < -0.39 is 17.0 Å². The van der Waals surface area contributed by atoms with Crippen LogP contribution in [0, 0.1) is 11.3 Å². The molecule has 1 rings (SSSR count). The molecule has 0 amide bonds. The third kappa shape index (κ3) is 3.47. The maximum absolute atomic E-state index is 11.9. The summed E-state index contributed by atoms with van der Waals surface area (Å²) in [5.74, 6) is -1.05. The van der Waals surface area contributed by atoms with E-state index in [1.54, 1.807) is 0 Å². The van der Waals surface area contributed by atoms with Crippen LogP contribution in [0.3, 0.4) is 0 Å². The van der Waals surface area contributed by atoms with Gasteiger partial charge in [-0.25, -0.2) is 0 Å². The number of esters is 1. The van der Waals surface area contributed by atoms with Gasteiger partial charge in [0.1, 0.15) is 5.60 Å². The number of carbonyl (C=O) groups is 2. The van der Waals surface area contributed by atoms with Crippen LogP contribution in [0.25, 0.3) is 0 Å². The molecule has 0 bridgehead atoms. The smallest absolute Gasteiger partial charge is 0.309 e. The van der Waals surface area contributed by atoms with Gasteiger partial charge in [0.05, 0.1) is 11.3 Å². The molecule has 0 aromatic heterocycles. The van der Waals surface area contributed by atoms with E-state index in [1.807, 2.05) is 27.7 Å². The Morgan fingerprint density at radius 1 is 1.28 bits per heavy atom. The number of carboxylic acids is 1. The molecule has 18 heavy (non-hydrogen) atoms. The minimum Gasteiger partial charge on any atom is -0.481 e. The summed E-state index contributed by atoms with van der Waals surface area (Å²) < 4.78 is 5.35. The van der Waals surface area contributed by atoms with Crippen molar-refractivity contribution in [3.63, 3.8) is 0 Å². The minimum atomic E-state index is -0.729. The van der Waals surface area contributed by atoms with Crippen molar-refractivity contribution in [1.29, 1.82) is 0 Å². The Hall–Kier alpha value is -1.06. The number of hydrogen-bond acceptors (Lipinski definition) is 3. The minimum absolute atomic E-state index is 0.136. The molecule has 0 radical (unpaired) electrons. The summed E-state index contributed by atoms with van der Waals surface area (Å²) >= 11 is 0. The van der Waals surface area contributed by atoms with Gasteiger partial charge in [-0.2, -0.15) is 0 Å². The van der Waals surface area contributed by atoms with Crippen LogP contribution < -0.4 is 0 Å². The second-order valence-electron chi connectivity index (χ2n) is 6.25. The predicted octanol–water partition coefficient (Wildman–Crippen LogP) is 3.00. The second-order valence-corrected chi connectivity index (χ2v) is 6.25. The highest BCUT2D eigenvalue weighted by Gasteiger charge is 2.42. The Kier molecular flexibility index (Phi) is 4.41. The largest absolute Gasteiger partial charge is 0.481 e. The van der Waals surface area contributed by atoms with Gasteiger partial charge < -0.3 is 9.84 Å². The highest BCUT2D eigenvalue weighted by molar-refractivity contribution is 5.76. The Labute approximate surface area is 109 Å². The van der Waals surface area contributed by atoms with Gasteiger partial charge in [-0.3, -0.25) is 9.59 Å². The zero-order chi connectivity index (χ0) is 14.0. The summed E-state index contributed by atoms with van der Waals surface area (Å²) in [6, 6.07) is 0. The lowest BCUT2D eigenvalue weighted by Crippen LogP contribution is -2.38. The molecule has 4 heteroatoms. The number of aliphatic carboxylic acids is 1. The average Bonchev–Trinajstić information content (AvgIpc) is 2.26. The monoisotopic (exact) mass is 256 g/mol. The fourth-order valence-electron chi connectivity index (χ4n) is 2.51. The Bertz CT molecular complexity index is 319. The van der Waals surface area contributed by atoms with E-state index in [9.17, 15) is 14.7 Å². The van der Waals surface area contributed by atoms with Gasteiger partial charge in [-0.05, 0) is 52.9 Å². The molecule has 1 fully saturated rings. The van der Waals surface area contributed by atoms with Crippen molar-refractivity contribution >= 4 is 11.9 Å². The molecule has 104 valence electrons. The van der Waals surface area contributed by atoms with Gasteiger partial charge in [-0.15, -0.1) is 0 Å². The number of ether oxygens (including phenoxy) is 1. The molecule has 0 aliphatic heterocycles. The van der Waals surface area contributed by atoms with E-state index in [0.29, 0.717) is 32.1 Å². The van der Waals surface area contributed by atoms with Crippen molar-refractivity contribution in [3.8, 4) is 0 Å². The van der Waals surface area contributed by atoms with Gasteiger partial charge in [-0.1, -0.05) is 6.92 Å². The molecular formula is C14H24O4. The van der Waals surface area contributed by atoms with E-state index in [2.05, 4.69) is 0 Å². The highest BCUT2D eigenvalue weighted by Crippen LogP contribution is 2.42. The number of hydrogen-bond donors (Lipinski definition) is 1. The van der Waals surface area contributed by atoms with Crippen LogP contribution in [0.5, 0.6) is 0 Å². The van der Waals surface area contributed by atoms with E-state index in [4.69, 9.17) is 4.74 Å². The van der Waals surface area contributed by atoms with E-state index in [1.165, 1.54) is 0 Å². The maximum atomic E-state index is 11.9. The third-order valence-corrected chi connectivity index (χ3v) is 3.81. The van der Waals surface area contributed by atoms with Crippen LogP contribution >= 0.6 is 0 Å². The van der Waals surface area contributed by atoms with Crippen LogP contribution in [0.4, 0.5) is 0 Å². The van der Waals surface area contributed by atoms with Crippen molar-refractivity contribution in [3.05, 3.63) is 0 Å². The zero-order valence-electron chi connectivity index (χ0n) is 11.8. The molecule has 0 atom stereocenters. The SMILES string of the molecule is CC[C@]1(C(=O)O)CC[C@H](C(=O)OC(C)(C)C)CC1. The van der Waals surface area contributed by atoms with Crippen molar-refractivity contribution < 1.29 is 19.4 Å². The first kappa shape index (κ1) is 15.0. The normalized spacial score (nSPS) is 28.8. The number of carboxylic acid groups (broad SMARTS) is 1. The summed E-state index contributed by atoms with van der Waals surface area (Å²) in [6.45, 7) is 7.45. The van der Waals surface area contributed by atoms with Crippen LogP contribution in [-0.4, -0.2) is 22.6 Å². The quantitative estimate of drug-likeness (QED) is 0.788. The van der Waals surface area contributed by atoms with E-state index in [-0.39, 0.29) is 11.9 Å². The first-order valence-electron chi connectivity index (χ1n) is 6.66. The fourth-order valence-corrected chi connectivity index (χ4v) is 2.51. The molecule has 1 aliphatic rings. The van der Waals surface area contributed by atoms with E-state index >= 15 is 0 Å². The van der Waals surface area contributed by atoms with Gasteiger partial charge in [0.15, 0.2) is 0 Å². The lowest BCUT2D eigenvalue weighted by atomic mass is 9.69. The highest BCUT2D eigenvalue weighted by atomic mass is 16.6.